The van der Waals surface area contributed by atoms with Gasteiger partial charge in [0.1, 0.15) is 5.56 Å². The van der Waals surface area contributed by atoms with E-state index in [1.807, 2.05) is 6.92 Å². The summed E-state index contributed by atoms with van der Waals surface area (Å²) in [5.74, 6) is 1.86. The van der Waals surface area contributed by atoms with Crippen molar-refractivity contribution in [3.8, 4) is 5.88 Å². The normalized spacial score (nSPS) is 25.6. The molecule has 178 valence electrons. The molecule has 0 aromatic carbocycles. The van der Waals surface area contributed by atoms with E-state index in [1.54, 1.807) is 23.7 Å². The number of carbonyl (C=O) groups excluding carboxylic acids is 1. The Morgan fingerprint density at radius 2 is 2.12 bits per heavy atom. The fourth-order valence-electron chi connectivity index (χ4n) is 5.93. The third-order valence-electron chi connectivity index (χ3n) is 7.46. The molecule has 10 heteroatoms. The first-order chi connectivity index (χ1) is 16.5. The highest BCUT2D eigenvalue weighted by molar-refractivity contribution is 6.05. The maximum Gasteiger partial charge on any atom is 0.262 e. The molecule has 6 heterocycles. The number of aryl methyl sites for hydroxylation is 1. The van der Waals surface area contributed by atoms with Crippen molar-refractivity contribution in [2.75, 3.05) is 36.5 Å². The summed E-state index contributed by atoms with van der Waals surface area (Å²) in [7, 11) is 0. The molecule has 4 aliphatic rings. The van der Waals surface area contributed by atoms with Gasteiger partial charge in [-0.05, 0) is 51.0 Å². The van der Waals surface area contributed by atoms with Crippen LogP contribution in [0.15, 0.2) is 24.7 Å². The molecule has 2 bridgehead atoms. The number of piperidine rings is 2. The van der Waals surface area contributed by atoms with E-state index < -0.39 is 11.7 Å². The molecular formula is C24H28FN7O2. The Hall–Kier alpha value is -3.27. The van der Waals surface area contributed by atoms with E-state index >= 15 is 0 Å². The van der Waals surface area contributed by atoms with E-state index in [9.17, 15) is 9.18 Å². The standard InChI is InChI=1S/C24H28FN7O2/c1-3-34-23-16(22(33)29-15-6-19(25)21-28-13(2)9-31(21)10-15)8-27-24(30-23)32-11-17-14-4-5-20(26-7-14)18(17)12-32/h6,8-10,14,17-18,20,26H,3-5,7,11-12H2,1-2H3,(H,29,33). The molecule has 3 aromatic rings. The Morgan fingerprint density at radius 1 is 1.26 bits per heavy atom. The zero-order valence-corrected chi connectivity index (χ0v) is 19.3. The fraction of sp³-hybridized carbons (Fsp3) is 0.500. The van der Waals surface area contributed by atoms with Crippen LogP contribution in [0.2, 0.25) is 0 Å². The van der Waals surface area contributed by atoms with Gasteiger partial charge >= 0.3 is 0 Å². The number of aromatic nitrogens is 4. The number of pyridine rings is 1. The average molecular weight is 466 g/mol. The van der Waals surface area contributed by atoms with E-state index in [0.29, 0.717) is 47.7 Å². The van der Waals surface area contributed by atoms with E-state index in [4.69, 9.17) is 4.74 Å². The molecule has 4 fully saturated rings. The van der Waals surface area contributed by atoms with Crippen molar-refractivity contribution in [1.29, 1.82) is 0 Å². The Bertz CT molecular complexity index is 1230. The molecule has 34 heavy (non-hydrogen) atoms. The Labute approximate surface area is 196 Å². The number of amides is 1. The molecule has 7 rings (SSSR count). The lowest BCUT2D eigenvalue weighted by Crippen LogP contribution is -2.54. The number of anilines is 2. The molecule has 3 aromatic heterocycles. The van der Waals surface area contributed by atoms with Crippen LogP contribution in [0.3, 0.4) is 0 Å². The van der Waals surface area contributed by atoms with Gasteiger partial charge in [-0.1, -0.05) is 0 Å². The lowest BCUT2D eigenvalue weighted by Gasteiger charge is -2.45. The lowest BCUT2D eigenvalue weighted by molar-refractivity contribution is 0.0927. The van der Waals surface area contributed by atoms with Gasteiger partial charge in [0.25, 0.3) is 5.91 Å². The number of nitrogens with one attached hydrogen (secondary N) is 2. The van der Waals surface area contributed by atoms with Crippen molar-refractivity contribution < 1.29 is 13.9 Å². The molecule has 3 saturated heterocycles. The maximum atomic E-state index is 14.4. The van der Waals surface area contributed by atoms with Gasteiger partial charge in [0, 0.05) is 43.8 Å². The van der Waals surface area contributed by atoms with Gasteiger partial charge in [-0.15, -0.1) is 0 Å². The number of carbonyl (C=O) groups is 1. The quantitative estimate of drug-likeness (QED) is 0.598. The topological polar surface area (TPSA) is 96.7 Å². The zero-order valence-electron chi connectivity index (χ0n) is 19.3. The summed E-state index contributed by atoms with van der Waals surface area (Å²) in [6.45, 7) is 6.96. The van der Waals surface area contributed by atoms with E-state index in [-0.39, 0.29) is 17.1 Å². The molecule has 3 aliphatic heterocycles. The summed E-state index contributed by atoms with van der Waals surface area (Å²) in [4.78, 5) is 28.6. The van der Waals surface area contributed by atoms with Crippen LogP contribution >= 0.6 is 0 Å². The molecule has 2 N–H and O–H groups in total. The van der Waals surface area contributed by atoms with Crippen LogP contribution in [0.5, 0.6) is 5.88 Å². The van der Waals surface area contributed by atoms with Crippen LogP contribution in [0.4, 0.5) is 16.0 Å². The monoisotopic (exact) mass is 465 g/mol. The van der Waals surface area contributed by atoms with Crippen LogP contribution in [0.1, 0.15) is 35.8 Å². The minimum absolute atomic E-state index is 0.214. The highest BCUT2D eigenvalue weighted by Crippen LogP contribution is 2.44. The molecule has 1 amide bonds. The predicted molar refractivity (Wildman–Crippen MR) is 125 cm³/mol. The van der Waals surface area contributed by atoms with Crippen LogP contribution in [0.25, 0.3) is 5.65 Å². The minimum Gasteiger partial charge on any atom is -0.477 e. The number of rotatable bonds is 5. The van der Waals surface area contributed by atoms with E-state index in [1.165, 1.54) is 25.1 Å². The van der Waals surface area contributed by atoms with Gasteiger partial charge in [-0.3, -0.25) is 4.79 Å². The van der Waals surface area contributed by atoms with Crippen molar-refractivity contribution in [1.82, 2.24) is 24.7 Å². The molecule has 1 saturated carbocycles. The Morgan fingerprint density at radius 3 is 2.88 bits per heavy atom. The Kier molecular flexibility index (Phi) is 5.13. The van der Waals surface area contributed by atoms with E-state index in [0.717, 1.165) is 19.6 Å². The smallest absolute Gasteiger partial charge is 0.262 e. The summed E-state index contributed by atoms with van der Waals surface area (Å²) in [6.07, 6.45) is 7.37. The summed E-state index contributed by atoms with van der Waals surface area (Å²) >= 11 is 0. The molecular weight excluding hydrogens is 437 g/mol. The van der Waals surface area contributed by atoms with Gasteiger partial charge in [0.05, 0.1) is 18.0 Å². The minimum atomic E-state index is -0.513. The Balaban J connectivity index is 1.24. The van der Waals surface area contributed by atoms with Gasteiger partial charge in [-0.2, -0.15) is 4.98 Å². The van der Waals surface area contributed by atoms with Crippen molar-refractivity contribution in [2.24, 2.45) is 17.8 Å². The second-order valence-corrected chi connectivity index (χ2v) is 9.55. The summed E-state index contributed by atoms with van der Waals surface area (Å²) in [5, 5.41) is 6.42. The second kappa shape index (κ2) is 8.19. The number of fused-ring (bicyclic) bond motifs is 3. The summed E-state index contributed by atoms with van der Waals surface area (Å²) in [5.41, 5.74) is 1.43. The number of ether oxygens (including phenoxy) is 1. The number of nitrogens with zero attached hydrogens (tertiary/aromatic N) is 5. The molecule has 1 aliphatic carbocycles. The molecule has 4 unspecified atom stereocenters. The number of halogens is 1. The van der Waals surface area contributed by atoms with Gasteiger partial charge in [0.15, 0.2) is 11.5 Å². The number of hydrogen-bond donors (Lipinski definition) is 2. The second-order valence-electron chi connectivity index (χ2n) is 9.55. The fourth-order valence-corrected chi connectivity index (χ4v) is 5.93. The molecule has 0 spiro atoms. The van der Waals surface area contributed by atoms with Crippen LogP contribution < -0.4 is 20.3 Å². The highest BCUT2D eigenvalue weighted by Gasteiger charge is 2.48. The van der Waals surface area contributed by atoms with E-state index in [2.05, 4.69) is 30.5 Å². The van der Waals surface area contributed by atoms with Crippen molar-refractivity contribution in [3.63, 3.8) is 0 Å². The number of imidazole rings is 1. The lowest BCUT2D eigenvalue weighted by atomic mass is 9.68. The zero-order chi connectivity index (χ0) is 23.4. The van der Waals surface area contributed by atoms with Crippen molar-refractivity contribution in [2.45, 2.75) is 32.7 Å². The highest BCUT2D eigenvalue weighted by atomic mass is 19.1. The van der Waals surface area contributed by atoms with Gasteiger partial charge in [-0.25, -0.2) is 14.4 Å². The average Bonchev–Trinajstić information content (AvgIpc) is 3.45. The van der Waals surface area contributed by atoms with Gasteiger partial charge in [0.2, 0.25) is 11.8 Å². The van der Waals surface area contributed by atoms with Crippen LogP contribution in [0, 0.1) is 30.5 Å². The van der Waals surface area contributed by atoms with Crippen molar-refractivity contribution >= 4 is 23.2 Å². The molecule has 0 radical (unpaired) electrons. The molecule has 9 nitrogen and oxygen atoms in total. The number of hydrogen-bond acceptors (Lipinski definition) is 7. The van der Waals surface area contributed by atoms with Gasteiger partial charge < -0.3 is 24.7 Å². The first kappa shape index (κ1) is 21.3. The predicted octanol–water partition coefficient (Wildman–Crippen LogP) is 2.66. The SMILES string of the molecule is CCOc1nc(N2CC3C4CCC(NC4)C3C2)ncc1C(=O)Nc1cc(F)c2nc(C)cn2c1. The van der Waals surface area contributed by atoms with Crippen LogP contribution in [-0.4, -0.2) is 57.5 Å². The maximum absolute atomic E-state index is 14.4. The third-order valence-corrected chi connectivity index (χ3v) is 7.46. The third kappa shape index (κ3) is 3.56. The first-order valence-corrected chi connectivity index (χ1v) is 11.9. The summed E-state index contributed by atoms with van der Waals surface area (Å²) < 4.78 is 21.7. The summed E-state index contributed by atoms with van der Waals surface area (Å²) in [6, 6.07) is 1.83. The van der Waals surface area contributed by atoms with Crippen LogP contribution in [-0.2, 0) is 0 Å². The molecule has 4 atom stereocenters. The largest absolute Gasteiger partial charge is 0.477 e. The van der Waals surface area contributed by atoms with Crippen molar-refractivity contribution in [3.05, 3.63) is 41.7 Å². The first-order valence-electron chi connectivity index (χ1n) is 11.9.